The van der Waals surface area contributed by atoms with Gasteiger partial charge in [-0.15, -0.1) is 0 Å². The molecule has 1 aliphatic rings. The number of epoxide rings is 1. The molecule has 0 N–H and O–H groups in total. The lowest BCUT2D eigenvalue weighted by molar-refractivity contribution is 0.390. The summed E-state index contributed by atoms with van der Waals surface area (Å²) in [6.07, 6.45) is 2.15. The average Bonchev–Trinajstić information content (AvgIpc) is 2.68. The minimum absolute atomic E-state index is 0.319. The average molecular weight is 152 g/mol. The normalized spacial score (nSPS) is 22.6. The quantitative estimate of drug-likeness (QED) is 0.602. The number of hydrogen-bond donors (Lipinski definition) is 0. The second kappa shape index (κ2) is 2.34. The van der Waals surface area contributed by atoms with Crippen LogP contribution in [0.1, 0.15) is 31.7 Å². The molecule has 0 aromatic carbocycles. The van der Waals surface area contributed by atoms with Gasteiger partial charge in [0.2, 0.25) is 0 Å². The van der Waals surface area contributed by atoms with Crippen LogP contribution in [0, 0.1) is 0 Å². The Morgan fingerprint density at radius 2 is 2.45 bits per heavy atom. The lowest BCUT2D eigenvalue weighted by Crippen LogP contribution is -2.06. The Morgan fingerprint density at radius 3 is 3.00 bits per heavy atom. The van der Waals surface area contributed by atoms with Gasteiger partial charge in [-0.05, 0) is 19.9 Å². The van der Waals surface area contributed by atoms with Gasteiger partial charge in [0.05, 0.1) is 12.3 Å². The molecule has 1 aromatic rings. The third kappa shape index (κ3) is 1.16. The molecule has 1 fully saturated rings. The van der Waals surface area contributed by atoms with E-state index in [1.165, 1.54) is 5.69 Å². The Balaban J connectivity index is 2.30. The van der Waals surface area contributed by atoms with Crippen LogP contribution < -0.4 is 0 Å². The summed E-state index contributed by atoms with van der Waals surface area (Å²) in [5.41, 5.74) is 1.21. The standard InChI is InChI=1S/C8H12N2O/c1-6(2)10-7(3-4-9-10)8-5-11-8/h3-4,6,8H,5H2,1-2H3/t8-/m1/s1. The van der Waals surface area contributed by atoms with E-state index in [-0.39, 0.29) is 0 Å². The van der Waals surface area contributed by atoms with Crippen LogP contribution in [0.25, 0.3) is 0 Å². The number of aromatic nitrogens is 2. The van der Waals surface area contributed by atoms with Crippen molar-refractivity contribution in [1.82, 2.24) is 9.78 Å². The summed E-state index contributed by atoms with van der Waals surface area (Å²) in [7, 11) is 0. The Morgan fingerprint density at radius 1 is 1.73 bits per heavy atom. The van der Waals surface area contributed by atoms with Crippen LogP contribution in [-0.4, -0.2) is 16.4 Å². The van der Waals surface area contributed by atoms with Crippen LogP contribution in [0.15, 0.2) is 12.3 Å². The fraction of sp³-hybridized carbons (Fsp3) is 0.625. The zero-order chi connectivity index (χ0) is 7.84. The zero-order valence-electron chi connectivity index (χ0n) is 6.82. The maximum absolute atomic E-state index is 5.18. The van der Waals surface area contributed by atoms with Crippen molar-refractivity contribution in [1.29, 1.82) is 0 Å². The highest BCUT2D eigenvalue weighted by Gasteiger charge is 2.28. The first kappa shape index (κ1) is 6.85. The van der Waals surface area contributed by atoms with Crippen LogP contribution in [-0.2, 0) is 4.74 Å². The van der Waals surface area contributed by atoms with Gasteiger partial charge in [-0.2, -0.15) is 5.10 Å². The predicted molar refractivity (Wildman–Crippen MR) is 41.3 cm³/mol. The third-order valence-corrected chi connectivity index (χ3v) is 1.85. The molecular formula is C8H12N2O. The minimum atomic E-state index is 0.319. The van der Waals surface area contributed by atoms with E-state index in [4.69, 9.17) is 4.74 Å². The summed E-state index contributed by atoms with van der Waals surface area (Å²) in [5, 5.41) is 4.21. The highest BCUT2D eigenvalue weighted by molar-refractivity contribution is 5.09. The van der Waals surface area contributed by atoms with E-state index in [1.807, 2.05) is 16.9 Å². The third-order valence-electron chi connectivity index (χ3n) is 1.85. The fourth-order valence-electron chi connectivity index (χ4n) is 1.23. The van der Waals surface area contributed by atoms with Gasteiger partial charge in [-0.3, -0.25) is 4.68 Å². The first-order chi connectivity index (χ1) is 5.29. The molecular weight excluding hydrogens is 140 g/mol. The van der Waals surface area contributed by atoms with Gasteiger partial charge >= 0.3 is 0 Å². The van der Waals surface area contributed by atoms with E-state index in [9.17, 15) is 0 Å². The maximum Gasteiger partial charge on any atom is 0.123 e. The van der Waals surface area contributed by atoms with Crippen molar-refractivity contribution < 1.29 is 4.74 Å². The van der Waals surface area contributed by atoms with E-state index in [1.54, 1.807) is 0 Å². The molecule has 0 spiro atoms. The van der Waals surface area contributed by atoms with Crippen LogP contribution in [0.5, 0.6) is 0 Å². The first-order valence-corrected chi connectivity index (χ1v) is 3.94. The molecule has 11 heavy (non-hydrogen) atoms. The van der Waals surface area contributed by atoms with Crippen molar-refractivity contribution in [2.45, 2.75) is 26.0 Å². The monoisotopic (exact) mass is 152 g/mol. The number of hydrogen-bond acceptors (Lipinski definition) is 2. The van der Waals surface area contributed by atoms with Crippen LogP contribution in [0.4, 0.5) is 0 Å². The molecule has 0 amide bonds. The van der Waals surface area contributed by atoms with Gasteiger partial charge in [-0.25, -0.2) is 0 Å². The second-order valence-electron chi connectivity index (χ2n) is 3.12. The van der Waals surface area contributed by atoms with E-state index < -0.39 is 0 Å². The summed E-state index contributed by atoms with van der Waals surface area (Å²) < 4.78 is 7.19. The van der Waals surface area contributed by atoms with Gasteiger partial charge in [0.1, 0.15) is 6.10 Å². The lowest BCUT2D eigenvalue weighted by Gasteiger charge is -2.08. The van der Waals surface area contributed by atoms with E-state index in [2.05, 4.69) is 18.9 Å². The first-order valence-electron chi connectivity index (χ1n) is 3.94. The number of rotatable bonds is 2. The van der Waals surface area contributed by atoms with Crippen molar-refractivity contribution in [3.8, 4) is 0 Å². The molecule has 1 atom stereocenters. The van der Waals surface area contributed by atoms with Crippen molar-refractivity contribution >= 4 is 0 Å². The Kier molecular flexibility index (Phi) is 1.46. The molecule has 3 heteroatoms. The largest absolute Gasteiger partial charge is 0.366 e. The molecule has 0 bridgehead atoms. The summed E-state index contributed by atoms with van der Waals surface area (Å²) in [4.78, 5) is 0. The SMILES string of the molecule is CC(C)n1nccc1[C@H]1CO1. The van der Waals surface area contributed by atoms with Gasteiger partial charge in [0.25, 0.3) is 0 Å². The van der Waals surface area contributed by atoms with Gasteiger partial charge < -0.3 is 4.74 Å². The van der Waals surface area contributed by atoms with E-state index >= 15 is 0 Å². The zero-order valence-corrected chi connectivity index (χ0v) is 6.82. The summed E-state index contributed by atoms with van der Waals surface area (Å²) in [6.45, 7) is 5.11. The molecule has 0 saturated carbocycles. The van der Waals surface area contributed by atoms with Gasteiger partial charge in [0.15, 0.2) is 0 Å². The Hall–Kier alpha value is -0.830. The molecule has 0 radical (unpaired) electrons. The Bertz CT molecular complexity index is 234. The molecule has 0 unspecified atom stereocenters. The number of nitrogens with zero attached hydrogens (tertiary/aromatic N) is 2. The highest BCUT2D eigenvalue weighted by Crippen LogP contribution is 2.30. The summed E-state index contributed by atoms with van der Waals surface area (Å²) >= 11 is 0. The fourth-order valence-corrected chi connectivity index (χ4v) is 1.23. The molecule has 0 aliphatic carbocycles. The molecule has 1 aromatic heterocycles. The molecule has 2 heterocycles. The predicted octanol–water partition coefficient (Wildman–Crippen LogP) is 1.54. The van der Waals surface area contributed by atoms with Crippen molar-refractivity contribution in [2.75, 3.05) is 6.61 Å². The van der Waals surface area contributed by atoms with Crippen molar-refractivity contribution in [2.24, 2.45) is 0 Å². The molecule has 1 saturated heterocycles. The lowest BCUT2D eigenvalue weighted by atomic mass is 10.3. The second-order valence-corrected chi connectivity index (χ2v) is 3.12. The van der Waals surface area contributed by atoms with Crippen molar-refractivity contribution in [3.63, 3.8) is 0 Å². The van der Waals surface area contributed by atoms with Gasteiger partial charge in [-0.1, -0.05) is 0 Å². The van der Waals surface area contributed by atoms with Crippen molar-refractivity contribution in [3.05, 3.63) is 18.0 Å². The van der Waals surface area contributed by atoms with E-state index in [0.717, 1.165) is 6.61 Å². The number of ether oxygens (including phenoxy) is 1. The highest BCUT2D eigenvalue weighted by atomic mass is 16.6. The molecule has 1 aliphatic heterocycles. The summed E-state index contributed by atoms with van der Waals surface area (Å²) in [5.74, 6) is 0. The molecule has 2 rings (SSSR count). The molecule has 3 nitrogen and oxygen atoms in total. The van der Waals surface area contributed by atoms with E-state index in [0.29, 0.717) is 12.1 Å². The van der Waals surface area contributed by atoms with Crippen LogP contribution in [0.3, 0.4) is 0 Å². The topological polar surface area (TPSA) is 30.4 Å². The van der Waals surface area contributed by atoms with Crippen LogP contribution >= 0.6 is 0 Å². The van der Waals surface area contributed by atoms with Gasteiger partial charge in [0, 0.05) is 12.2 Å². The molecule has 60 valence electrons. The smallest absolute Gasteiger partial charge is 0.123 e. The Labute approximate surface area is 66.0 Å². The maximum atomic E-state index is 5.18. The summed E-state index contributed by atoms with van der Waals surface area (Å²) in [6, 6.07) is 2.46. The minimum Gasteiger partial charge on any atom is -0.366 e. The van der Waals surface area contributed by atoms with Crippen LogP contribution in [0.2, 0.25) is 0 Å².